The van der Waals surface area contributed by atoms with Crippen LogP contribution in [-0.2, 0) is 47.8 Å². The smallest absolute Gasteiger partial charge is 0.303 e. The number of benzene rings is 2. The van der Waals surface area contributed by atoms with Gasteiger partial charge in [0.2, 0.25) is 5.91 Å². The van der Waals surface area contributed by atoms with E-state index in [1.165, 1.54) is 13.8 Å². The molecule has 14 heteroatoms. The Bertz CT molecular complexity index is 1490. The number of amides is 2. The molecule has 1 fully saturated rings. The van der Waals surface area contributed by atoms with Crippen LogP contribution in [0.15, 0.2) is 53.7 Å². The Morgan fingerprint density at radius 1 is 0.935 bits per heavy atom. The molecule has 0 aromatic heterocycles. The molecule has 1 N–H and O–H groups in total. The Labute approximate surface area is 265 Å². The van der Waals surface area contributed by atoms with Gasteiger partial charge in [0.05, 0.1) is 12.3 Å². The number of fused-ring (bicyclic) bond motifs is 1. The lowest BCUT2D eigenvalue weighted by Gasteiger charge is -2.43. The summed E-state index contributed by atoms with van der Waals surface area (Å²) in [5.41, 5.74) is 2.17. The minimum absolute atomic E-state index is 0.0249. The summed E-state index contributed by atoms with van der Waals surface area (Å²) in [4.78, 5) is 68.8. The van der Waals surface area contributed by atoms with Gasteiger partial charge in [0.1, 0.15) is 24.5 Å². The van der Waals surface area contributed by atoms with E-state index in [1.807, 2.05) is 31.2 Å². The van der Waals surface area contributed by atoms with Crippen LogP contribution in [0.3, 0.4) is 0 Å². The van der Waals surface area contributed by atoms with E-state index in [9.17, 15) is 24.0 Å². The molecule has 2 heterocycles. The molecule has 0 radical (unpaired) electrons. The van der Waals surface area contributed by atoms with E-state index in [2.05, 4.69) is 10.5 Å². The summed E-state index contributed by atoms with van der Waals surface area (Å²) in [6.45, 7) is 6.94. The zero-order chi connectivity index (χ0) is 33.4. The number of carbonyl (C=O) groups is 5. The second-order valence-corrected chi connectivity index (χ2v) is 10.8. The van der Waals surface area contributed by atoms with Gasteiger partial charge in [-0.3, -0.25) is 24.0 Å². The van der Waals surface area contributed by atoms with Crippen LogP contribution >= 0.6 is 0 Å². The fraction of sp³-hybridized carbons (Fsp3) is 0.438. The van der Waals surface area contributed by atoms with Crippen LogP contribution in [-0.4, -0.2) is 85.8 Å². The summed E-state index contributed by atoms with van der Waals surface area (Å²) >= 11 is 0. The van der Waals surface area contributed by atoms with Crippen LogP contribution in [0.4, 0.5) is 5.69 Å². The van der Waals surface area contributed by atoms with Gasteiger partial charge in [0.25, 0.3) is 12.2 Å². The molecule has 0 bridgehead atoms. The summed E-state index contributed by atoms with van der Waals surface area (Å²) in [6.07, 6.45) is -4.76. The Morgan fingerprint density at radius 3 is 2.33 bits per heavy atom. The summed E-state index contributed by atoms with van der Waals surface area (Å²) in [5, 5.41) is 6.75. The maximum Gasteiger partial charge on any atom is 0.303 e. The normalized spacial score (nSPS) is 22.9. The first kappa shape index (κ1) is 33.9. The second-order valence-electron chi connectivity index (χ2n) is 10.8. The van der Waals surface area contributed by atoms with Gasteiger partial charge in [0.15, 0.2) is 17.9 Å². The molecule has 0 aliphatic carbocycles. The molecule has 2 aromatic carbocycles. The highest BCUT2D eigenvalue weighted by Gasteiger charge is 2.52. The molecule has 246 valence electrons. The predicted molar refractivity (Wildman–Crippen MR) is 162 cm³/mol. The average molecular weight is 640 g/mol. The highest BCUT2D eigenvalue weighted by Crippen LogP contribution is 2.31. The molecule has 0 unspecified atom stereocenters. The molecule has 2 amide bonds. The SMILES string of the molecule is CC(=O)N[C@H]1[C@H](O/N=C2/C(=O)N(CCCOc3cccc(C)c3)c3ccccc32)O[C@H](COC(C)=O)[C@@H](OC(C)=O)[C@@H]1OC(C)=O. The number of hydrogen-bond acceptors (Lipinski definition) is 12. The van der Waals surface area contributed by atoms with Crippen LogP contribution in [0.25, 0.3) is 0 Å². The standard InChI is InChI=1S/C32H37N3O11/c1-18-10-8-11-23(16-18)41-15-9-14-35-25-13-7-6-12-24(25)27(31(35)40)34-46-32-28(33-19(2)36)30(44-22(5)39)29(43-21(4)38)26(45-32)17-42-20(3)37/h6-8,10-13,16,26,28-30,32H,9,14-15,17H2,1-5H3,(H,33,36)/b34-27+/t26-,28-,29-,30-,32+/m1/s1. The monoisotopic (exact) mass is 639 g/mol. The van der Waals surface area contributed by atoms with Crippen LogP contribution < -0.4 is 15.0 Å². The van der Waals surface area contributed by atoms with E-state index in [4.69, 9.17) is 28.5 Å². The van der Waals surface area contributed by atoms with Crippen molar-refractivity contribution in [3.8, 4) is 5.75 Å². The van der Waals surface area contributed by atoms with Gasteiger partial charge in [-0.2, -0.15) is 0 Å². The number of hydrogen-bond donors (Lipinski definition) is 1. The third kappa shape index (κ3) is 8.59. The van der Waals surface area contributed by atoms with Crippen LogP contribution in [0.5, 0.6) is 5.75 Å². The van der Waals surface area contributed by atoms with Crippen molar-refractivity contribution in [2.75, 3.05) is 24.7 Å². The molecular formula is C32H37N3O11. The zero-order valence-electron chi connectivity index (χ0n) is 26.2. The van der Waals surface area contributed by atoms with Crippen molar-refractivity contribution in [1.82, 2.24) is 5.32 Å². The van der Waals surface area contributed by atoms with Gasteiger partial charge in [-0.1, -0.05) is 35.5 Å². The van der Waals surface area contributed by atoms with Gasteiger partial charge in [-0.15, -0.1) is 0 Å². The first-order chi connectivity index (χ1) is 21.9. The van der Waals surface area contributed by atoms with Gasteiger partial charge in [-0.05, 0) is 37.1 Å². The van der Waals surface area contributed by atoms with E-state index in [0.717, 1.165) is 25.2 Å². The molecular weight excluding hydrogens is 602 g/mol. The summed E-state index contributed by atoms with van der Waals surface area (Å²) in [7, 11) is 0. The van der Waals surface area contributed by atoms with E-state index >= 15 is 0 Å². The molecule has 0 saturated carbocycles. The summed E-state index contributed by atoms with van der Waals surface area (Å²) < 4.78 is 27.8. The third-order valence-corrected chi connectivity index (χ3v) is 7.00. The van der Waals surface area contributed by atoms with Crippen molar-refractivity contribution in [2.24, 2.45) is 5.16 Å². The van der Waals surface area contributed by atoms with E-state index in [-0.39, 0.29) is 5.71 Å². The highest BCUT2D eigenvalue weighted by molar-refractivity contribution is 6.54. The maximum absolute atomic E-state index is 13.6. The molecule has 2 aromatic rings. The number of nitrogens with zero attached hydrogens (tertiary/aromatic N) is 2. The van der Waals surface area contributed by atoms with E-state index in [0.29, 0.717) is 30.8 Å². The molecule has 14 nitrogen and oxygen atoms in total. The van der Waals surface area contributed by atoms with Gasteiger partial charge in [0, 0.05) is 39.8 Å². The zero-order valence-corrected chi connectivity index (χ0v) is 26.2. The molecule has 5 atom stereocenters. The number of para-hydroxylation sites is 1. The molecule has 1 saturated heterocycles. The number of oxime groups is 1. The molecule has 2 aliphatic heterocycles. The summed E-state index contributed by atoms with van der Waals surface area (Å²) in [6, 6.07) is 13.5. The minimum atomic E-state index is -1.47. The van der Waals surface area contributed by atoms with Gasteiger partial charge >= 0.3 is 17.9 Å². The average Bonchev–Trinajstić information content (AvgIpc) is 3.25. The lowest BCUT2D eigenvalue weighted by molar-refractivity contribution is -0.278. The number of rotatable bonds is 12. The Kier molecular flexibility index (Phi) is 11.3. The number of carbonyl (C=O) groups excluding carboxylic acids is 5. The fourth-order valence-electron chi connectivity index (χ4n) is 5.18. The quantitative estimate of drug-likeness (QED) is 0.156. The predicted octanol–water partition coefficient (Wildman–Crippen LogP) is 2.19. The number of aryl methyl sites for hydroxylation is 1. The van der Waals surface area contributed by atoms with Crippen molar-refractivity contribution in [3.63, 3.8) is 0 Å². The second kappa shape index (κ2) is 15.3. The number of esters is 3. The van der Waals surface area contributed by atoms with E-state index in [1.54, 1.807) is 29.2 Å². The van der Waals surface area contributed by atoms with Crippen LogP contribution in [0, 0.1) is 6.92 Å². The lowest BCUT2D eigenvalue weighted by atomic mass is 9.96. The van der Waals surface area contributed by atoms with Crippen molar-refractivity contribution in [3.05, 3.63) is 59.7 Å². The first-order valence-corrected chi connectivity index (χ1v) is 14.7. The lowest BCUT2D eigenvalue weighted by Crippen LogP contribution is -2.66. The van der Waals surface area contributed by atoms with Crippen molar-refractivity contribution < 1.29 is 52.5 Å². The van der Waals surface area contributed by atoms with Gasteiger partial charge < -0.3 is 38.7 Å². The fourth-order valence-corrected chi connectivity index (χ4v) is 5.18. The van der Waals surface area contributed by atoms with E-state index < -0.39 is 67.0 Å². The highest BCUT2D eigenvalue weighted by atomic mass is 16.8. The largest absolute Gasteiger partial charge is 0.494 e. The summed E-state index contributed by atoms with van der Waals surface area (Å²) in [5.74, 6) is -2.38. The van der Waals surface area contributed by atoms with Crippen molar-refractivity contribution >= 4 is 41.1 Å². The van der Waals surface area contributed by atoms with Crippen molar-refractivity contribution in [2.45, 2.75) is 71.7 Å². The minimum Gasteiger partial charge on any atom is -0.494 e. The number of nitrogens with one attached hydrogen (secondary N) is 1. The Balaban J connectivity index is 1.57. The maximum atomic E-state index is 13.6. The Hall–Kier alpha value is -4.98. The van der Waals surface area contributed by atoms with Crippen LogP contribution in [0.2, 0.25) is 0 Å². The van der Waals surface area contributed by atoms with Gasteiger partial charge in [-0.25, -0.2) is 0 Å². The first-order valence-electron chi connectivity index (χ1n) is 14.7. The molecule has 2 aliphatic rings. The number of anilines is 1. The third-order valence-electron chi connectivity index (χ3n) is 7.00. The van der Waals surface area contributed by atoms with Crippen LogP contribution in [0.1, 0.15) is 45.2 Å². The molecule has 4 rings (SSSR count). The van der Waals surface area contributed by atoms with Crippen molar-refractivity contribution in [1.29, 1.82) is 0 Å². The molecule has 0 spiro atoms. The number of ether oxygens (including phenoxy) is 5. The molecule has 46 heavy (non-hydrogen) atoms. The Morgan fingerprint density at radius 2 is 1.65 bits per heavy atom. The topological polar surface area (TPSA) is 168 Å².